The molecule has 1 aliphatic carbocycles. The summed E-state index contributed by atoms with van der Waals surface area (Å²) in [7, 11) is 0. The van der Waals surface area contributed by atoms with Crippen LogP contribution in [0.1, 0.15) is 24.3 Å². The van der Waals surface area contributed by atoms with Crippen molar-refractivity contribution < 1.29 is 42.0 Å². The van der Waals surface area contributed by atoms with Crippen molar-refractivity contribution in [1.29, 1.82) is 0 Å². The molecule has 1 saturated carbocycles. The van der Waals surface area contributed by atoms with E-state index in [0.717, 1.165) is 12.1 Å². The van der Waals surface area contributed by atoms with E-state index in [9.17, 15) is 23.1 Å². The average Bonchev–Trinajstić information content (AvgIpc) is 3.36. The number of hydrogen-bond donors (Lipinski definition) is 1. The molecule has 1 N–H and O–H groups in total. The molecule has 6 nitrogen and oxygen atoms in total. The maximum atomic E-state index is 12.7. The van der Waals surface area contributed by atoms with Gasteiger partial charge in [0.15, 0.2) is 6.29 Å². The number of carbonyl (C=O) groups excluding carboxylic acids is 1. The standard InChI is InChI=1S/C18H19F3O6/c1-2-24-16(23)12-11-13(22)14-10(26-15(11)12)7-25-17(27-14)8-3-5-9(6-4-8)18(19,20)21/h3-6,10-15,17,22H,2,7H2,1H3/t10-,11-,12?,13-,14-,15+,17-/m1/s1. The molecule has 0 amide bonds. The second kappa shape index (κ2) is 6.73. The normalized spacial score (nSPS) is 37.9. The highest BCUT2D eigenvalue weighted by atomic mass is 19.4. The summed E-state index contributed by atoms with van der Waals surface area (Å²) in [5.41, 5.74) is -0.354. The Morgan fingerprint density at radius 1 is 1.22 bits per heavy atom. The van der Waals surface area contributed by atoms with Gasteiger partial charge in [-0.3, -0.25) is 4.79 Å². The molecule has 148 valence electrons. The zero-order valence-electron chi connectivity index (χ0n) is 14.4. The third-order valence-corrected chi connectivity index (χ3v) is 5.20. The molecule has 3 fully saturated rings. The van der Waals surface area contributed by atoms with Gasteiger partial charge in [-0.15, -0.1) is 0 Å². The van der Waals surface area contributed by atoms with Crippen molar-refractivity contribution in [3.05, 3.63) is 35.4 Å². The molecular formula is C18H19F3O6. The summed E-state index contributed by atoms with van der Waals surface area (Å²) in [5, 5.41) is 10.6. The lowest BCUT2D eigenvalue weighted by atomic mass is 9.99. The molecule has 2 heterocycles. The van der Waals surface area contributed by atoms with Crippen molar-refractivity contribution in [2.75, 3.05) is 13.2 Å². The van der Waals surface area contributed by atoms with E-state index in [1.807, 2.05) is 0 Å². The third-order valence-electron chi connectivity index (χ3n) is 5.20. The molecule has 0 bridgehead atoms. The molecule has 1 aromatic rings. The first-order valence-electron chi connectivity index (χ1n) is 8.75. The number of rotatable bonds is 3. The summed E-state index contributed by atoms with van der Waals surface area (Å²) in [6.07, 6.45) is -7.98. The molecule has 27 heavy (non-hydrogen) atoms. The third kappa shape index (κ3) is 3.33. The highest BCUT2D eigenvalue weighted by molar-refractivity contribution is 5.77. The van der Waals surface area contributed by atoms with Gasteiger partial charge in [-0.05, 0) is 19.1 Å². The van der Waals surface area contributed by atoms with Crippen LogP contribution in [0.5, 0.6) is 0 Å². The van der Waals surface area contributed by atoms with E-state index in [4.69, 9.17) is 18.9 Å². The second-order valence-electron chi connectivity index (χ2n) is 6.87. The van der Waals surface area contributed by atoms with Crippen LogP contribution in [0, 0.1) is 11.8 Å². The number of fused-ring (bicyclic) bond motifs is 2. The van der Waals surface area contributed by atoms with Gasteiger partial charge in [-0.25, -0.2) is 0 Å². The molecule has 0 radical (unpaired) electrons. The van der Waals surface area contributed by atoms with Crippen molar-refractivity contribution in [1.82, 2.24) is 0 Å². The van der Waals surface area contributed by atoms with E-state index < -0.39 is 60.3 Å². The minimum Gasteiger partial charge on any atom is -0.466 e. The van der Waals surface area contributed by atoms with Gasteiger partial charge in [0.05, 0.1) is 36.9 Å². The van der Waals surface area contributed by atoms with Gasteiger partial charge in [0.25, 0.3) is 0 Å². The first kappa shape index (κ1) is 18.7. The zero-order chi connectivity index (χ0) is 19.3. The van der Waals surface area contributed by atoms with Crippen LogP contribution in [0.3, 0.4) is 0 Å². The van der Waals surface area contributed by atoms with Gasteiger partial charge in [0.2, 0.25) is 0 Å². The Morgan fingerprint density at radius 2 is 1.93 bits per heavy atom. The highest BCUT2D eigenvalue weighted by Crippen LogP contribution is 2.52. The van der Waals surface area contributed by atoms with E-state index in [2.05, 4.69) is 0 Å². The van der Waals surface area contributed by atoms with Gasteiger partial charge in [-0.2, -0.15) is 13.2 Å². The summed E-state index contributed by atoms with van der Waals surface area (Å²) in [4.78, 5) is 11.9. The van der Waals surface area contributed by atoms with E-state index in [1.54, 1.807) is 6.92 Å². The summed E-state index contributed by atoms with van der Waals surface area (Å²) in [5.74, 6) is -1.35. The predicted molar refractivity (Wildman–Crippen MR) is 83.3 cm³/mol. The lowest BCUT2D eigenvalue weighted by Gasteiger charge is -2.41. The molecule has 0 aromatic heterocycles. The number of aliphatic hydroxyl groups is 1. The molecule has 0 spiro atoms. The van der Waals surface area contributed by atoms with Crippen molar-refractivity contribution in [3.63, 3.8) is 0 Å². The summed E-state index contributed by atoms with van der Waals surface area (Å²) >= 11 is 0. The van der Waals surface area contributed by atoms with Crippen LogP contribution in [0.25, 0.3) is 0 Å². The number of aliphatic hydroxyl groups excluding tert-OH is 1. The first-order chi connectivity index (χ1) is 12.8. The Labute approximate surface area is 153 Å². The maximum absolute atomic E-state index is 12.7. The Hall–Kier alpha value is -1.68. The van der Waals surface area contributed by atoms with Gasteiger partial charge < -0.3 is 24.1 Å². The van der Waals surface area contributed by atoms with Crippen LogP contribution in [-0.4, -0.2) is 48.7 Å². The van der Waals surface area contributed by atoms with Crippen LogP contribution >= 0.6 is 0 Å². The Balaban J connectivity index is 1.45. The lowest BCUT2D eigenvalue weighted by molar-refractivity contribution is -0.300. The quantitative estimate of drug-likeness (QED) is 0.799. The number of esters is 1. The molecule has 3 aliphatic rings. The topological polar surface area (TPSA) is 74.2 Å². The fraction of sp³-hybridized carbons (Fsp3) is 0.611. The summed E-state index contributed by atoms with van der Waals surface area (Å²) < 4.78 is 60.2. The van der Waals surface area contributed by atoms with Crippen molar-refractivity contribution in [3.8, 4) is 0 Å². The lowest BCUT2D eigenvalue weighted by Crippen LogP contribution is -2.53. The number of ether oxygens (including phenoxy) is 4. The molecular weight excluding hydrogens is 369 g/mol. The Kier molecular flexibility index (Phi) is 4.66. The van der Waals surface area contributed by atoms with Crippen molar-refractivity contribution >= 4 is 5.97 Å². The van der Waals surface area contributed by atoms with E-state index in [0.29, 0.717) is 5.56 Å². The molecule has 7 atom stereocenters. The number of hydrogen-bond acceptors (Lipinski definition) is 6. The van der Waals surface area contributed by atoms with Crippen molar-refractivity contribution in [2.45, 2.75) is 43.8 Å². The number of benzene rings is 1. The van der Waals surface area contributed by atoms with E-state index >= 15 is 0 Å². The molecule has 1 unspecified atom stereocenters. The number of carbonyl (C=O) groups is 1. The fourth-order valence-corrected chi connectivity index (χ4v) is 3.81. The van der Waals surface area contributed by atoms with E-state index in [-0.39, 0.29) is 13.2 Å². The summed E-state index contributed by atoms with van der Waals surface area (Å²) in [6, 6.07) is 4.47. The molecule has 1 aromatic carbocycles. The summed E-state index contributed by atoms with van der Waals surface area (Å²) in [6.45, 7) is 2.05. The van der Waals surface area contributed by atoms with Gasteiger partial charge in [-0.1, -0.05) is 12.1 Å². The predicted octanol–water partition coefficient (Wildman–Crippen LogP) is 2.06. The first-order valence-corrected chi connectivity index (χ1v) is 8.75. The average molecular weight is 388 g/mol. The molecule has 2 aliphatic heterocycles. The van der Waals surface area contributed by atoms with Crippen LogP contribution in [-0.2, 0) is 29.9 Å². The highest BCUT2D eigenvalue weighted by Gasteiger charge is 2.67. The Morgan fingerprint density at radius 3 is 2.56 bits per heavy atom. The van der Waals surface area contributed by atoms with Crippen LogP contribution in [0.2, 0.25) is 0 Å². The second-order valence-corrected chi connectivity index (χ2v) is 6.87. The molecule has 4 rings (SSSR count). The largest absolute Gasteiger partial charge is 0.466 e. The molecule has 2 saturated heterocycles. The zero-order valence-corrected chi connectivity index (χ0v) is 14.4. The molecule has 9 heteroatoms. The SMILES string of the molecule is CCOC(=O)C1[C@@H]2[C@@H](O)[C@@H]3O[C@H](c4ccc(C(F)(F)F)cc4)OC[C@H]3O[C@H]12. The minimum atomic E-state index is -4.42. The van der Waals surface area contributed by atoms with Gasteiger partial charge >= 0.3 is 12.1 Å². The van der Waals surface area contributed by atoms with Crippen LogP contribution in [0.4, 0.5) is 13.2 Å². The Bertz CT molecular complexity index is 706. The fourth-order valence-electron chi connectivity index (χ4n) is 3.81. The monoisotopic (exact) mass is 388 g/mol. The number of halogens is 3. The van der Waals surface area contributed by atoms with E-state index in [1.165, 1.54) is 12.1 Å². The minimum absolute atomic E-state index is 0.103. The smallest absolute Gasteiger partial charge is 0.416 e. The van der Waals surface area contributed by atoms with Crippen LogP contribution in [0.15, 0.2) is 24.3 Å². The van der Waals surface area contributed by atoms with Gasteiger partial charge in [0, 0.05) is 11.5 Å². The van der Waals surface area contributed by atoms with Crippen molar-refractivity contribution in [2.24, 2.45) is 11.8 Å². The van der Waals surface area contributed by atoms with Gasteiger partial charge in [0.1, 0.15) is 12.2 Å². The van der Waals surface area contributed by atoms with Crippen LogP contribution < -0.4 is 0 Å². The maximum Gasteiger partial charge on any atom is 0.416 e. The number of alkyl halides is 3.